The lowest BCUT2D eigenvalue weighted by Gasteiger charge is -2.04. The summed E-state index contributed by atoms with van der Waals surface area (Å²) in [7, 11) is 0. The van der Waals surface area contributed by atoms with Crippen molar-refractivity contribution >= 4 is 5.97 Å². The Kier molecular flexibility index (Phi) is 16.0. The van der Waals surface area contributed by atoms with Gasteiger partial charge in [0.25, 0.3) is 0 Å². The molecule has 2 nitrogen and oxygen atoms in total. The lowest BCUT2D eigenvalue weighted by Crippen LogP contribution is -1.99. The molecule has 1 N–H and O–H groups in total. The average Bonchev–Trinajstić information content (AvgIpc) is 2.51. The quantitative estimate of drug-likeness (QED) is 0.249. The molecule has 0 unspecified atom stereocenters. The van der Waals surface area contributed by atoms with Gasteiger partial charge < -0.3 is 5.11 Å². The van der Waals surface area contributed by atoms with Crippen molar-refractivity contribution in [2.45, 2.75) is 110 Å². The summed E-state index contributed by atoms with van der Waals surface area (Å²) < 4.78 is 0. The van der Waals surface area contributed by atoms with E-state index < -0.39 is 5.97 Å². The molecule has 0 radical (unpaired) electrons. The Morgan fingerprint density at radius 3 is 1.41 bits per heavy atom. The van der Waals surface area contributed by atoms with Crippen LogP contribution in [0.25, 0.3) is 0 Å². The summed E-state index contributed by atoms with van der Waals surface area (Å²) in [5, 5.41) is 8.91. The molecule has 0 aliphatic carbocycles. The monoisotopic (exact) mass is 310 g/mol. The van der Waals surface area contributed by atoms with Gasteiger partial charge in [-0.1, -0.05) is 96.5 Å². The van der Waals surface area contributed by atoms with Gasteiger partial charge in [0.15, 0.2) is 0 Å². The van der Waals surface area contributed by atoms with Crippen molar-refractivity contribution in [3.8, 4) is 0 Å². The smallest absolute Gasteiger partial charge is 0.331 e. The number of rotatable bonds is 16. The SMILES string of the molecule is CC=C(CCCCCCCCCCCCCCCC)C(=O)O. The van der Waals surface area contributed by atoms with Crippen LogP contribution < -0.4 is 0 Å². The molecule has 0 aliphatic heterocycles. The summed E-state index contributed by atoms with van der Waals surface area (Å²) in [6.07, 6.45) is 21.2. The Labute approximate surface area is 138 Å². The van der Waals surface area contributed by atoms with Gasteiger partial charge in [0.2, 0.25) is 0 Å². The lowest BCUT2D eigenvalue weighted by molar-refractivity contribution is -0.132. The molecule has 0 rings (SSSR count). The minimum absolute atomic E-state index is 0.568. The predicted octanol–water partition coefficient (Wildman–Crippen LogP) is 6.89. The first-order valence-electron chi connectivity index (χ1n) is 9.60. The second kappa shape index (κ2) is 16.6. The van der Waals surface area contributed by atoms with Crippen molar-refractivity contribution in [3.63, 3.8) is 0 Å². The summed E-state index contributed by atoms with van der Waals surface area (Å²) in [6.45, 7) is 4.08. The zero-order valence-electron chi connectivity index (χ0n) is 15.0. The van der Waals surface area contributed by atoms with Crippen molar-refractivity contribution in [2.24, 2.45) is 0 Å². The molecular weight excluding hydrogens is 272 g/mol. The standard InChI is InChI=1S/C20H38O2/c1-3-5-6-7-8-9-10-11-12-13-14-15-16-17-18-19(4-2)20(21)22/h4H,3,5-18H2,1-2H3,(H,21,22). The Morgan fingerprint density at radius 2 is 1.09 bits per heavy atom. The van der Waals surface area contributed by atoms with Crippen molar-refractivity contribution in [2.75, 3.05) is 0 Å². The molecule has 0 aromatic rings. The molecule has 0 spiro atoms. The molecule has 2 heteroatoms. The van der Waals surface area contributed by atoms with Gasteiger partial charge in [0.05, 0.1) is 0 Å². The molecule has 0 amide bonds. The van der Waals surface area contributed by atoms with Gasteiger partial charge in [0, 0.05) is 5.57 Å². The number of hydrogen-bond donors (Lipinski definition) is 1. The van der Waals surface area contributed by atoms with Gasteiger partial charge in [0.1, 0.15) is 0 Å². The van der Waals surface area contributed by atoms with Crippen LogP contribution in [0.4, 0.5) is 0 Å². The minimum Gasteiger partial charge on any atom is -0.478 e. The number of allylic oxidation sites excluding steroid dienone is 1. The lowest BCUT2D eigenvalue weighted by atomic mass is 10.0. The first-order valence-corrected chi connectivity index (χ1v) is 9.60. The highest BCUT2D eigenvalue weighted by Crippen LogP contribution is 2.14. The fourth-order valence-electron chi connectivity index (χ4n) is 2.88. The summed E-state index contributed by atoms with van der Waals surface area (Å²) in [6, 6.07) is 0. The van der Waals surface area contributed by atoms with Crippen molar-refractivity contribution in [1.82, 2.24) is 0 Å². The number of carbonyl (C=O) groups is 1. The molecule has 0 saturated carbocycles. The molecule has 0 atom stereocenters. The van der Waals surface area contributed by atoms with E-state index in [0.717, 1.165) is 12.8 Å². The maximum Gasteiger partial charge on any atom is 0.331 e. The fraction of sp³-hybridized carbons (Fsp3) is 0.850. The summed E-state index contributed by atoms with van der Waals surface area (Å²) in [5.41, 5.74) is 0.568. The van der Waals surface area contributed by atoms with Gasteiger partial charge in [-0.2, -0.15) is 0 Å². The normalized spacial score (nSPS) is 11.8. The number of hydrogen-bond acceptors (Lipinski definition) is 1. The minimum atomic E-state index is -0.753. The van der Waals surface area contributed by atoms with Crippen molar-refractivity contribution in [3.05, 3.63) is 11.6 Å². The van der Waals surface area contributed by atoms with Crippen LogP contribution in [0.5, 0.6) is 0 Å². The summed E-state index contributed by atoms with van der Waals surface area (Å²) >= 11 is 0. The molecular formula is C20H38O2. The van der Waals surface area contributed by atoms with E-state index in [0.29, 0.717) is 5.57 Å². The second-order valence-corrected chi connectivity index (χ2v) is 6.47. The van der Waals surface area contributed by atoms with E-state index in [2.05, 4.69) is 6.92 Å². The highest BCUT2D eigenvalue weighted by atomic mass is 16.4. The molecule has 130 valence electrons. The first kappa shape index (κ1) is 21.2. The van der Waals surface area contributed by atoms with Gasteiger partial charge >= 0.3 is 5.97 Å². The molecule has 0 aliphatic rings. The second-order valence-electron chi connectivity index (χ2n) is 6.47. The summed E-state index contributed by atoms with van der Waals surface area (Å²) in [4.78, 5) is 10.8. The Morgan fingerprint density at radius 1 is 0.727 bits per heavy atom. The topological polar surface area (TPSA) is 37.3 Å². The third kappa shape index (κ3) is 14.2. The van der Waals surface area contributed by atoms with E-state index in [1.807, 2.05) is 6.92 Å². The van der Waals surface area contributed by atoms with Crippen LogP contribution in [0.2, 0.25) is 0 Å². The van der Waals surface area contributed by atoms with E-state index in [4.69, 9.17) is 5.11 Å². The average molecular weight is 311 g/mol. The van der Waals surface area contributed by atoms with E-state index >= 15 is 0 Å². The first-order chi connectivity index (χ1) is 10.7. The zero-order valence-corrected chi connectivity index (χ0v) is 15.0. The largest absolute Gasteiger partial charge is 0.478 e. The Hall–Kier alpha value is -0.790. The number of carboxylic acid groups (broad SMARTS) is 1. The highest BCUT2D eigenvalue weighted by molar-refractivity contribution is 5.86. The van der Waals surface area contributed by atoms with Crippen LogP contribution >= 0.6 is 0 Å². The van der Waals surface area contributed by atoms with Crippen LogP contribution in [0, 0.1) is 0 Å². The Bertz CT molecular complexity index is 281. The van der Waals surface area contributed by atoms with Crippen LogP contribution in [-0.4, -0.2) is 11.1 Å². The Balaban J connectivity index is 3.16. The van der Waals surface area contributed by atoms with E-state index in [9.17, 15) is 4.79 Å². The van der Waals surface area contributed by atoms with Gasteiger partial charge in [-0.05, 0) is 19.8 Å². The van der Waals surface area contributed by atoms with E-state index in [1.165, 1.54) is 83.5 Å². The maximum absolute atomic E-state index is 10.8. The van der Waals surface area contributed by atoms with E-state index in [-0.39, 0.29) is 0 Å². The van der Waals surface area contributed by atoms with Crippen LogP contribution in [-0.2, 0) is 4.79 Å². The molecule has 0 bridgehead atoms. The van der Waals surface area contributed by atoms with Crippen LogP contribution in [0.15, 0.2) is 11.6 Å². The molecule has 0 heterocycles. The van der Waals surface area contributed by atoms with Crippen molar-refractivity contribution < 1.29 is 9.90 Å². The fourth-order valence-corrected chi connectivity index (χ4v) is 2.88. The highest BCUT2D eigenvalue weighted by Gasteiger charge is 2.04. The van der Waals surface area contributed by atoms with Crippen molar-refractivity contribution in [1.29, 1.82) is 0 Å². The third-order valence-electron chi connectivity index (χ3n) is 4.42. The van der Waals surface area contributed by atoms with Crippen LogP contribution in [0.1, 0.15) is 110 Å². The predicted molar refractivity (Wildman–Crippen MR) is 96.3 cm³/mol. The zero-order chi connectivity index (χ0) is 16.5. The number of unbranched alkanes of at least 4 members (excludes halogenated alkanes) is 13. The molecule has 22 heavy (non-hydrogen) atoms. The van der Waals surface area contributed by atoms with Crippen LogP contribution in [0.3, 0.4) is 0 Å². The van der Waals surface area contributed by atoms with Gasteiger partial charge in [-0.15, -0.1) is 0 Å². The molecule has 0 fully saturated rings. The number of aliphatic carboxylic acids is 1. The van der Waals surface area contributed by atoms with Gasteiger partial charge in [-0.3, -0.25) is 0 Å². The van der Waals surface area contributed by atoms with E-state index in [1.54, 1.807) is 6.08 Å². The molecule has 0 saturated heterocycles. The number of carboxylic acids is 1. The summed E-state index contributed by atoms with van der Waals surface area (Å²) in [5.74, 6) is -0.753. The molecule has 0 aromatic carbocycles. The van der Waals surface area contributed by atoms with Gasteiger partial charge in [-0.25, -0.2) is 4.79 Å². The third-order valence-corrected chi connectivity index (χ3v) is 4.42. The molecule has 0 aromatic heterocycles. The maximum atomic E-state index is 10.8.